The molecule has 0 aliphatic carbocycles. The molecule has 146 valence electrons. The van der Waals surface area contributed by atoms with Crippen LogP contribution in [0.15, 0.2) is 41.2 Å². The molecule has 1 saturated heterocycles. The van der Waals surface area contributed by atoms with Gasteiger partial charge < -0.3 is 19.2 Å². The Morgan fingerprint density at radius 3 is 2.67 bits per heavy atom. The predicted molar refractivity (Wildman–Crippen MR) is 105 cm³/mol. The highest BCUT2D eigenvalue weighted by Crippen LogP contribution is 2.15. The lowest BCUT2D eigenvalue weighted by atomic mass is 10.1. The number of nitrogens with one attached hydrogen (secondary N) is 1. The first-order chi connectivity index (χ1) is 13.2. The highest BCUT2D eigenvalue weighted by Gasteiger charge is 2.14. The van der Waals surface area contributed by atoms with Crippen LogP contribution >= 0.6 is 0 Å². The van der Waals surface area contributed by atoms with Gasteiger partial charge in [-0.2, -0.15) is 0 Å². The summed E-state index contributed by atoms with van der Waals surface area (Å²) >= 11 is 0. The average molecular weight is 371 g/mol. The second-order valence-electron chi connectivity index (χ2n) is 7.06. The van der Waals surface area contributed by atoms with Crippen LogP contribution in [0.25, 0.3) is 0 Å². The van der Waals surface area contributed by atoms with Crippen LogP contribution in [0.4, 0.5) is 0 Å². The van der Waals surface area contributed by atoms with Crippen molar-refractivity contribution in [1.82, 2.24) is 4.98 Å². The first-order valence-corrected chi connectivity index (χ1v) is 9.86. The van der Waals surface area contributed by atoms with Gasteiger partial charge in [0.1, 0.15) is 6.61 Å². The fraction of sp³-hybridized carbons (Fsp3) is 0.500. The van der Waals surface area contributed by atoms with Crippen LogP contribution < -0.4 is 10.2 Å². The summed E-state index contributed by atoms with van der Waals surface area (Å²) in [7, 11) is 0. The number of aromatic nitrogens is 1. The summed E-state index contributed by atoms with van der Waals surface area (Å²) in [5.41, 5.74) is 3.09. The second-order valence-corrected chi connectivity index (χ2v) is 7.06. The first-order valence-electron chi connectivity index (χ1n) is 9.86. The van der Waals surface area contributed by atoms with Crippen molar-refractivity contribution >= 4 is 0 Å². The normalized spacial score (nSPS) is 17.0. The van der Waals surface area contributed by atoms with Crippen LogP contribution in [0.3, 0.4) is 0 Å². The van der Waals surface area contributed by atoms with Crippen LogP contribution in [0.5, 0.6) is 5.88 Å². The smallest absolute Gasteiger partial charge is 0.194 e. The molecule has 1 fully saturated rings. The van der Waals surface area contributed by atoms with Gasteiger partial charge in [0.05, 0.1) is 19.3 Å². The summed E-state index contributed by atoms with van der Waals surface area (Å²) in [6.45, 7) is 4.28. The topological polar surface area (TPSA) is 60.6 Å². The number of benzene rings is 1. The van der Waals surface area contributed by atoms with E-state index >= 15 is 0 Å². The number of rotatable bonds is 9. The first kappa shape index (κ1) is 19.6. The molecule has 0 amide bonds. The molecule has 2 aromatic rings. The van der Waals surface area contributed by atoms with Gasteiger partial charge in [-0.25, -0.2) is 0 Å². The molecule has 0 radical (unpaired) electrons. The van der Waals surface area contributed by atoms with E-state index in [4.69, 9.17) is 14.2 Å². The number of hydrogen-bond donors (Lipinski definition) is 1. The zero-order valence-corrected chi connectivity index (χ0v) is 16.0. The molecule has 3 rings (SSSR count). The number of pyridine rings is 1. The van der Waals surface area contributed by atoms with E-state index in [2.05, 4.69) is 36.2 Å². The summed E-state index contributed by atoms with van der Waals surface area (Å²) < 4.78 is 17.1. The average Bonchev–Trinajstić information content (AvgIpc) is 2.68. The van der Waals surface area contributed by atoms with Crippen LogP contribution in [0.2, 0.25) is 0 Å². The largest absolute Gasteiger partial charge is 0.476 e. The van der Waals surface area contributed by atoms with Gasteiger partial charge in [-0.15, -0.1) is 0 Å². The van der Waals surface area contributed by atoms with Crippen LogP contribution in [-0.4, -0.2) is 24.3 Å². The maximum Gasteiger partial charge on any atom is 0.194 e. The Morgan fingerprint density at radius 2 is 1.93 bits per heavy atom. The lowest BCUT2D eigenvalue weighted by Crippen LogP contribution is -2.26. The Balaban J connectivity index is 1.49. The van der Waals surface area contributed by atoms with Gasteiger partial charge in [0.25, 0.3) is 0 Å². The van der Waals surface area contributed by atoms with E-state index < -0.39 is 0 Å². The third-order valence-electron chi connectivity index (χ3n) is 4.66. The molecule has 1 aliphatic heterocycles. The number of aromatic amines is 1. The number of H-pyrrole nitrogens is 1. The van der Waals surface area contributed by atoms with E-state index in [-0.39, 0.29) is 11.5 Å². The minimum Gasteiger partial charge on any atom is -0.476 e. The lowest BCUT2D eigenvalue weighted by molar-refractivity contribution is -0.0120. The zero-order chi connectivity index (χ0) is 18.9. The Morgan fingerprint density at radius 1 is 1.11 bits per heavy atom. The van der Waals surface area contributed by atoms with Gasteiger partial charge in [0, 0.05) is 24.4 Å². The van der Waals surface area contributed by atoms with Gasteiger partial charge in [-0.05, 0) is 36.8 Å². The number of ether oxygens (including phenoxy) is 3. The van der Waals surface area contributed by atoms with Gasteiger partial charge >= 0.3 is 0 Å². The molecule has 27 heavy (non-hydrogen) atoms. The van der Waals surface area contributed by atoms with Gasteiger partial charge in [0.15, 0.2) is 11.3 Å². The molecule has 1 aliphatic rings. The summed E-state index contributed by atoms with van der Waals surface area (Å²) in [5.74, 6) is 0.471. The SMILES string of the molecule is CCCc1ccc(COCc2cc(=O)cc(OCC3CCCCO3)[nH]2)cc1. The molecule has 5 heteroatoms. The molecule has 0 spiro atoms. The van der Waals surface area contributed by atoms with Crippen LogP contribution in [0.1, 0.15) is 49.4 Å². The standard InChI is InChI=1S/C22H29NO4/c1-2-5-17-7-9-18(10-8-17)14-25-15-19-12-20(24)13-22(23-19)27-16-21-6-3-4-11-26-21/h7-10,12-13,21H,2-6,11,14-16H2,1H3,(H,23,24). The molecule has 1 aromatic carbocycles. The Kier molecular flexibility index (Phi) is 7.48. The van der Waals surface area contributed by atoms with E-state index in [1.165, 1.54) is 11.6 Å². The predicted octanol–water partition coefficient (Wildman–Crippen LogP) is 3.99. The number of hydrogen-bond acceptors (Lipinski definition) is 4. The van der Waals surface area contributed by atoms with Crippen molar-refractivity contribution in [3.05, 3.63) is 63.4 Å². The Hall–Kier alpha value is -2.11. The molecule has 1 aromatic heterocycles. The van der Waals surface area contributed by atoms with Gasteiger partial charge in [-0.3, -0.25) is 4.79 Å². The fourth-order valence-corrected chi connectivity index (χ4v) is 3.22. The molecule has 5 nitrogen and oxygen atoms in total. The van der Waals surface area contributed by atoms with Crippen molar-refractivity contribution in [2.45, 2.75) is 58.3 Å². The van der Waals surface area contributed by atoms with Gasteiger partial charge in [0.2, 0.25) is 0 Å². The molecule has 1 unspecified atom stereocenters. The van der Waals surface area contributed by atoms with Crippen molar-refractivity contribution in [1.29, 1.82) is 0 Å². The number of aryl methyl sites for hydroxylation is 1. The minimum atomic E-state index is -0.0872. The van der Waals surface area contributed by atoms with E-state index in [1.54, 1.807) is 6.07 Å². The third kappa shape index (κ3) is 6.52. The highest BCUT2D eigenvalue weighted by molar-refractivity contribution is 5.22. The maximum absolute atomic E-state index is 11.9. The maximum atomic E-state index is 11.9. The van der Waals surface area contributed by atoms with E-state index in [0.717, 1.165) is 44.3 Å². The van der Waals surface area contributed by atoms with E-state index in [1.807, 2.05) is 0 Å². The van der Waals surface area contributed by atoms with E-state index in [9.17, 15) is 4.79 Å². The molecular formula is C22H29NO4. The molecule has 1 atom stereocenters. The van der Waals surface area contributed by atoms with Crippen molar-refractivity contribution in [2.24, 2.45) is 0 Å². The lowest BCUT2D eigenvalue weighted by Gasteiger charge is -2.22. The quantitative estimate of drug-likeness (QED) is 0.724. The summed E-state index contributed by atoms with van der Waals surface area (Å²) in [5, 5.41) is 0. The molecule has 2 heterocycles. The third-order valence-corrected chi connectivity index (χ3v) is 4.66. The Labute approximate surface area is 160 Å². The zero-order valence-electron chi connectivity index (χ0n) is 16.0. The van der Waals surface area contributed by atoms with Gasteiger partial charge in [-0.1, -0.05) is 37.6 Å². The minimum absolute atomic E-state index is 0.0872. The summed E-state index contributed by atoms with van der Waals surface area (Å²) in [6.07, 6.45) is 5.64. The molecule has 0 saturated carbocycles. The van der Waals surface area contributed by atoms with Crippen LogP contribution in [0, 0.1) is 0 Å². The van der Waals surface area contributed by atoms with Crippen LogP contribution in [-0.2, 0) is 29.1 Å². The summed E-state index contributed by atoms with van der Waals surface area (Å²) in [4.78, 5) is 15.0. The van der Waals surface area contributed by atoms with Crippen molar-refractivity contribution in [2.75, 3.05) is 13.2 Å². The van der Waals surface area contributed by atoms with Crippen molar-refractivity contribution in [3.63, 3.8) is 0 Å². The Bertz CT molecular complexity index is 748. The summed E-state index contributed by atoms with van der Waals surface area (Å²) in [6, 6.07) is 11.5. The molecule has 1 N–H and O–H groups in total. The van der Waals surface area contributed by atoms with Crippen molar-refractivity contribution in [3.8, 4) is 5.88 Å². The van der Waals surface area contributed by atoms with E-state index in [0.29, 0.717) is 31.4 Å². The monoisotopic (exact) mass is 371 g/mol. The molecular weight excluding hydrogens is 342 g/mol. The highest BCUT2D eigenvalue weighted by atomic mass is 16.5. The molecule has 0 bridgehead atoms. The van der Waals surface area contributed by atoms with Crippen molar-refractivity contribution < 1.29 is 14.2 Å². The second kappa shape index (κ2) is 10.3. The fourth-order valence-electron chi connectivity index (χ4n) is 3.22.